The average Bonchev–Trinajstić information content (AvgIpc) is 2.77. The number of hydrogen-bond donors (Lipinski definition) is 0. The molecule has 0 atom stereocenters. The minimum absolute atomic E-state index is 0.565. The number of anilines is 1. The Balaban J connectivity index is 1.57. The number of ether oxygens (including phenoxy) is 2. The van der Waals surface area contributed by atoms with Crippen LogP contribution in [-0.4, -0.2) is 57.0 Å². The largest absolute Gasteiger partial charge is 0.381 e. The molecule has 0 aromatic heterocycles. The van der Waals surface area contributed by atoms with Gasteiger partial charge in [-0.1, -0.05) is 36.4 Å². The molecule has 2 aromatic rings. The lowest BCUT2D eigenvalue weighted by molar-refractivity contribution is 0.0342. The van der Waals surface area contributed by atoms with Gasteiger partial charge in [-0.25, -0.2) is 0 Å². The number of benzene rings is 2. The average molecular weight is 395 g/mol. The molecule has 2 saturated heterocycles. The third-order valence-electron chi connectivity index (χ3n) is 6.21. The first-order valence-corrected chi connectivity index (χ1v) is 11.1. The molecule has 0 amide bonds. The number of aryl methyl sites for hydroxylation is 1. The highest BCUT2D eigenvalue weighted by Gasteiger charge is 2.23. The lowest BCUT2D eigenvalue weighted by atomic mass is 9.97. The zero-order chi connectivity index (χ0) is 20.1. The summed E-state index contributed by atoms with van der Waals surface area (Å²) >= 11 is 0. The van der Waals surface area contributed by atoms with E-state index in [2.05, 4.69) is 66.1 Å². The fraction of sp³-hybridized carbons (Fsp3) is 0.520. The van der Waals surface area contributed by atoms with Crippen LogP contribution in [0.25, 0.3) is 11.1 Å². The van der Waals surface area contributed by atoms with Crippen LogP contribution in [0.2, 0.25) is 0 Å². The Kier molecular flexibility index (Phi) is 6.86. The second kappa shape index (κ2) is 9.75. The fourth-order valence-corrected chi connectivity index (χ4v) is 4.55. The second-order valence-corrected chi connectivity index (χ2v) is 8.24. The predicted molar refractivity (Wildman–Crippen MR) is 120 cm³/mol. The molecule has 4 heteroatoms. The predicted octanol–water partition coefficient (Wildman–Crippen LogP) is 4.50. The summed E-state index contributed by atoms with van der Waals surface area (Å²) in [4.78, 5) is 5.06. The van der Waals surface area contributed by atoms with E-state index in [0.717, 1.165) is 65.4 Å². The Bertz CT molecular complexity index is 778. The fourth-order valence-electron chi connectivity index (χ4n) is 4.55. The standard InChI is InChI=1S/C25H34N2O2/c1-3-27(23-10-14-28-15-11-23)25-18-20(2)4-9-24(25)22-7-5-21(6-8-22)19-26-12-16-29-17-13-26/h4-9,18,23H,3,10-17,19H2,1-2H3. The van der Waals surface area contributed by atoms with Gasteiger partial charge in [-0.05, 0) is 49.4 Å². The monoisotopic (exact) mass is 394 g/mol. The molecular weight excluding hydrogens is 360 g/mol. The highest BCUT2D eigenvalue weighted by atomic mass is 16.5. The Morgan fingerprint density at radius 1 is 0.931 bits per heavy atom. The van der Waals surface area contributed by atoms with Crippen LogP contribution in [0.15, 0.2) is 42.5 Å². The summed E-state index contributed by atoms with van der Waals surface area (Å²) in [7, 11) is 0. The molecule has 0 radical (unpaired) electrons. The van der Waals surface area contributed by atoms with Gasteiger partial charge in [0, 0.05) is 56.7 Å². The number of morpholine rings is 1. The van der Waals surface area contributed by atoms with Gasteiger partial charge >= 0.3 is 0 Å². The molecule has 2 fully saturated rings. The summed E-state index contributed by atoms with van der Waals surface area (Å²) in [5, 5.41) is 0. The molecular formula is C25H34N2O2. The van der Waals surface area contributed by atoms with Crippen molar-refractivity contribution in [3.8, 4) is 11.1 Å². The van der Waals surface area contributed by atoms with E-state index in [1.54, 1.807) is 0 Å². The van der Waals surface area contributed by atoms with Crippen molar-refractivity contribution in [1.29, 1.82) is 0 Å². The van der Waals surface area contributed by atoms with Crippen LogP contribution >= 0.6 is 0 Å². The normalized spacial score (nSPS) is 18.7. The van der Waals surface area contributed by atoms with Crippen molar-refractivity contribution in [1.82, 2.24) is 4.90 Å². The molecule has 2 heterocycles. The minimum Gasteiger partial charge on any atom is -0.381 e. The summed E-state index contributed by atoms with van der Waals surface area (Å²) in [6.45, 7) is 12.0. The molecule has 2 aromatic carbocycles. The van der Waals surface area contributed by atoms with Crippen LogP contribution in [0.5, 0.6) is 0 Å². The van der Waals surface area contributed by atoms with Crippen LogP contribution in [0.4, 0.5) is 5.69 Å². The third kappa shape index (κ3) is 5.00. The molecule has 156 valence electrons. The van der Waals surface area contributed by atoms with Crippen molar-refractivity contribution in [2.45, 2.75) is 39.3 Å². The summed E-state index contributed by atoms with van der Waals surface area (Å²) < 4.78 is 11.1. The van der Waals surface area contributed by atoms with Gasteiger partial charge in [0.2, 0.25) is 0 Å². The van der Waals surface area contributed by atoms with Crippen molar-refractivity contribution >= 4 is 5.69 Å². The highest BCUT2D eigenvalue weighted by Crippen LogP contribution is 2.35. The van der Waals surface area contributed by atoms with E-state index in [0.29, 0.717) is 6.04 Å². The first-order chi connectivity index (χ1) is 14.2. The Labute approximate surface area is 175 Å². The zero-order valence-electron chi connectivity index (χ0n) is 17.9. The van der Waals surface area contributed by atoms with Gasteiger partial charge in [-0.2, -0.15) is 0 Å². The van der Waals surface area contributed by atoms with Gasteiger partial charge in [0.1, 0.15) is 0 Å². The van der Waals surface area contributed by atoms with E-state index in [1.165, 1.54) is 27.9 Å². The Morgan fingerprint density at radius 3 is 2.31 bits per heavy atom. The molecule has 0 N–H and O–H groups in total. The van der Waals surface area contributed by atoms with Gasteiger partial charge in [0.15, 0.2) is 0 Å². The van der Waals surface area contributed by atoms with Gasteiger partial charge in [-0.15, -0.1) is 0 Å². The molecule has 2 aliphatic rings. The molecule has 29 heavy (non-hydrogen) atoms. The van der Waals surface area contributed by atoms with Gasteiger partial charge < -0.3 is 14.4 Å². The third-order valence-corrected chi connectivity index (χ3v) is 6.21. The quantitative estimate of drug-likeness (QED) is 0.720. The highest BCUT2D eigenvalue weighted by molar-refractivity contribution is 5.79. The first kappa shape index (κ1) is 20.4. The molecule has 2 aliphatic heterocycles. The summed E-state index contributed by atoms with van der Waals surface area (Å²) in [6, 6.07) is 16.6. The van der Waals surface area contributed by atoms with Gasteiger partial charge in [0.05, 0.1) is 13.2 Å². The number of nitrogens with zero attached hydrogens (tertiary/aromatic N) is 2. The van der Waals surface area contributed by atoms with Crippen molar-refractivity contribution in [3.63, 3.8) is 0 Å². The maximum Gasteiger partial charge on any atom is 0.0594 e. The zero-order valence-corrected chi connectivity index (χ0v) is 17.9. The van der Waals surface area contributed by atoms with Crippen molar-refractivity contribution in [2.24, 2.45) is 0 Å². The SMILES string of the molecule is CCN(c1cc(C)ccc1-c1ccc(CN2CCOCC2)cc1)C1CCOCC1. The van der Waals surface area contributed by atoms with Crippen LogP contribution in [-0.2, 0) is 16.0 Å². The first-order valence-electron chi connectivity index (χ1n) is 11.1. The lowest BCUT2D eigenvalue weighted by Gasteiger charge is -2.36. The number of rotatable bonds is 6. The van der Waals surface area contributed by atoms with E-state index in [-0.39, 0.29) is 0 Å². The van der Waals surface area contributed by atoms with Gasteiger partial charge in [-0.3, -0.25) is 4.90 Å². The summed E-state index contributed by atoms with van der Waals surface area (Å²) in [5.74, 6) is 0. The van der Waals surface area contributed by atoms with Crippen LogP contribution in [0.1, 0.15) is 30.9 Å². The molecule has 0 unspecified atom stereocenters. The molecule has 4 nitrogen and oxygen atoms in total. The van der Waals surface area contributed by atoms with E-state index in [4.69, 9.17) is 9.47 Å². The minimum atomic E-state index is 0.565. The van der Waals surface area contributed by atoms with Crippen molar-refractivity contribution < 1.29 is 9.47 Å². The smallest absolute Gasteiger partial charge is 0.0594 e. The molecule has 0 aliphatic carbocycles. The molecule has 0 saturated carbocycles. The number of hydrogen-bond acceptors (Lipinski definition) is 4. The van der Waals surface area contributed by atoms with Gasteiger partial charge in [0.25, 0.3) is 0 Å². The van der Waals surface area contributed by atoms with Crippen LogP contribution in [0, 0.1) is 6.92 Å². The Morgan fingerprint density at radius 2 is 1.62 bits per heavy atom. The van der Waals surface area contributed by atoms with E-state index < -0.39 is 0 Å². The maximum atomic E-state index is 5.61. The molecule has 0 bridgehead atoms. The van der Waals surface area contributed by atoms with E-state index in [1.807, 2.05) is 0 Å². The summed E-state index contributed by atoms with van der Waals surface area (Å²) in [5.41, 5.74) is 6.69. The second-order valence-electron chi connectivity index (χ2n) is 8.24. The van der Waals surface area contributed by atoms with Crippen molar-refractivity contribution in [2.75, 3.05) is 51.0 Å². The van der Waals surface area contributed by atoms with Crippen LogP contribution in [0.3, 0.4) is 0 Å². The molecule has 0 spiro atoms. The van der Waals surface area contributed by atoms with Crippen LogP contribution < -0.4 is 4.90 Å². The summed E-state index contributed by atoms with van der Waals surface area (Å²) in [6.07, 6.45) is 2.22. The maximum absolute atomic E-state index is 5.61. The topological polar surface area (TPSA) is 24.9 Å². The van der Waals surface area contributed by atoms with Crippen molar-refractivity contribution in [3.05, 3.63) is 53.6 Å². The Hall–Kier alpha value is -1.88. The lowest BCUT2D eigenvalue weighted by Crippen LogP contribution is -2.39. The van der Waals surface area contributed by atoms with E-state index in [9.17, 15) is 0 Å². The molecule has 4 rings (SSSR count). The van der Waals surface area contributed by atoms with E-state index >= 15 is 0 Å².